The molecule has 0 saturated heterocycles. The first-order chi connectivity index (χ1) is 9.10. The molecular formula is C15H13ClO3. The van der Waals surface area contributed by atoms with E-state index in [4.69, 9.17) is 21.1 Å². The van der Waals surface area contributed by atoms with Gasteiger partial charge in [-0.05, 0) is 42.8 Å². The van der Waals surface area contributed by atoms with E-state index in [1.54, 1.807) is 30.3 Å². The van der Waals surface area contributed by atoms with Gasteiger partial charge in [-0.15, -0.1) is 0 Å². The molecule has 0 radical (unpaired) electrons. The number of para-hydroxylation sites is 1. The van der Waals surface area contributed by atoms with E-state index in [1.165, 1.54) is 7.11 Å². The van der Waals surface area contributed by atoms with Crippen LogP contribution in [0.3, 0.4) is 0 Å². The summed E-state index contributed by atoms with van der Waals surface area (Å²) in [6.07, 6.45) is 0. The molecule has 0 heterocycles. The van der Waals surface area contributed by atoms with Crippen molar-refractivity contribution in [3.63, 3.8) is 0 Å². The molecule has 3 nitrogen and oxygen atoms in total. The van der Waals surface area contributed by atoms with Gasteiger partial charge in [-0.3, -0.25) is 0 Å². The van der Waals surface area contributed by atoms with Gasteiger partial charge in [0.2, 0.25) is 0 Å². The molecule has 2 aromatic carbocycles. The first-order valence-corrected chi connectivity index (χ1v) is 6.10. The van der Waals surface area contributed by atoms with Crippen molar-refractivity contribution in [1.29, 1.82) is 0 Å². The number of carbonyl (C=O) groups is 1. The third-order valence-electron chi connectivity index (χ3n) is 2.54. The molecule has 0 aliphatic rings. The van der Waals surface area contributed by atoms with Crippen molar-refractivity contribution in [3.05, 3.63) is 58.6 Å². The highest BCUT2D eigenvalue weighted by molar-refractivity contribution is 6.30. The van der Waals surface area contributed by atoms with Gasteiger partial charge in [0, 0.05) is 5.02 Å². The fourth-order valence-corrected chi connectivity index (χ4v) is 2.00. The minimum atomic E-state index is -0.436. The fraction of sp³-hybridized carbons (Fsp3) is 0.133. The van der Waals surface area contributed by atoms with E-state index >= 15 is 0 Å². The number of hydrogen-bond donors (Lipinski definition) is 0. The predicted molar refractivity (Wildman–Crippen MR) is 74.0 cm³/mol. The highest BCUT2D eigenvalue weighted by Gasteiger charge is 2.13. The third-order valence-corrected chi connectivity index (χ3v) is 2.75. The Morgan fingerprint density at radius 3 is 2.58 bits per heavy atom. The maximum absolute atomic E-state index is 11.6. The summed E-state index contributed by atoms with van der Waals surface area (Å²) in [5.74, 6) is 0.590. The molecule has 4 heteroatoms. The van der Waals surface area contributed by atoms with Crippen molar-refractivity contribution >= 4 is 17.6 Å². The monoisotopic (exact) mass is 276 g/mol. The van der Waals surface area contributed by atoms with Crippen molar-refractivity contribution < 1.29 is 14.3 Å². The molecule has 0 aliphatic carbocycles. The van der Waals surface area contributed by atoms with E-state index in [2.05, 4.69) is 0 Å². The van der Waals surface area contributed by atoms with Gasteiger partial charge in [0.25, 0.3) is 0 Å². The number of benzene rings is 2. The molecule has 0 fully saturated rings. The van der Waals surface area contributed by atoms with E-state index in [0.29, 0.717) is 22.1 Å². The Labute approximate surface area is 116 Å². The number of rotatable bonds is 3. The van der Waals surface area contributed by atoms with Crippen LogP contribution in [-0.2, 0) is 4.74 Å². The lowest BCUT2D eigenvalue weighted by Gasteiger charge is -2.10. The first-order valence-electron chi connectivity index (χ1n) is 5.72. The quantitative estimate of drug-likeness (QED) is 0.787. The van der Waals surface area contributed by atoms with Gasteiger partial charge in [0.05, 0.1) is 7.11 Å². The number of halogens is 1. The van der Waals surface area contributed by atoms with Crippen LogP contribution < -0.4 is 4.74 Å². The molecule has 0 aliphatic heterocycles. The average Bonchev–Trinajstić information content (AvgIpc) is 2.37. The normalized spacial score (nSPS) is 10.1. The lowest BCUT2D eigenvalue weighted by atomic mass is 10.2. The van der Waals surface area contributed by atoms with Crippen LogP contribution in [0.4, 0.5) is 0 Å². The number of aryl methyl sites for hydroxylation is 1. The molecular weight excluding hydrogens is 264 g/mol. The molecule has 0 saturated carbocycles. The minimum absolute atomic E-state index is 0.377. The summed E-state index contributed by atoms with van der Waals surface area (Å²) in [5, 5.41) is 0.588. The van der Waals surface area contributed by atoms with Crippen molar-refractivity contribution in [1.82, 2.24) is 0 Å². The van der Waals surface area contributed by atoms with Gasteiger partial charge in [-0.2, -0.15) is 0 Å². The Kier molecular flexibility index (Phi) is 4.07. The van der Waals surface area contributed by atoms with Gasteiger partial charge < -0.3 is 9.47 Å². The molecule has 2 rings (SSSR count). The van der Waals surface area contributed by atoms with E-state index in [9.17, 15) is 4.79 Å². The lowest BCUT2D eigenvalue weighted by molar-refractivity contribution is 0.0598. The van der Waals surface area contributed by atoms with Crippen molar-refractivity contribution in [2.45, 2.75) is 6.92 Å². The number of hydrogen-bond acceptors (Lipinski definition) is 3. The Morgan fingerprint density at radius 1 is 1.16 bits per heavy atom. The van der Waals surface area contributed by atoms with E-state index in [-0.39, 0.29) is 0 Å². The third kappa shape index (κ3) is 3.26. The van der Waals surface area contributed by atoms with Gasteiger partial charge >= 0.3 is 5.97 Å². The largest absolute Gasteiger partial charge is 0.465 e. The Balaban J connectivity index is 2.35. The molecule has 0 unspecified atom stereocenters. The summed E-state index contributed by atoms with van der Waals surface area (Å²) in [6, 6.07) is 12.3. The summed E-state index contributed by atoms with van der Waals surface area (Å²) in [5.41, 5.74) is 1.36. The summed E-state index contributed by atoms with van der Waals surface area (Å²) in [4.78, 5) is 11.6. The Hall–Kier alpha value is -2.00. The number of esters is 1. The van der Waals surface area contributed by atoms with Crippen LogP contribution >= 0.6 is 11.6 Å². The van der Waals surface area contributed by atoms with E-state index in [0.717, 1.165) is 5.56 Å². The highest BCUT2D eigenvalue weighted by Crippen LogP contribution is 2.28. The number of carbonyl (C=O) groups excluding carboxylic acids is 1. The second kappa shape index (κ2) is 5.76. The Morgan fingerprint density at radius 2 is 1.89 bits per heavy atom. The minimum Gasteiger partial charge on any atom is -0.465 e. The maximum Gasteiger partial charge on any atom is 0.341 e. The molecule has 2 aromatic rings. The van der Waals surface area contributed by atoms with Crippen LogP contribution in [0.2, 0.25) is 5.02 Å². The zero-order valence-corrected chi connectivity index (χ0v) is 11.4. The van der Waals surface area contributed by atoms with E-state index < -0.39 is 5.97 Å². The molecule has 0 amide bonds. The molecule has 19 heavy (non-hydrogen) atoms. The Bertz CT molecular complexity index is 588. The predicted octanol–water partition coefficient (Wildman–Crippen LogP) is 4.23. The standard InChI is InChI=1S/C15H13ClO3/c1-10-7-11(16)9-12(8-10)19-14-6-4-3-5-13(14)15(17)18-2/h3-9H,1-2H3. The average molecular weight is 277 g/mol. The van der Waals surface area contributed by atoms with Crippen molar-refractivity contribution in [3.8, 4) is 11.5 Å². The first kappa shape index (κ1) is 13.4. The molecule has 0 spiro atoms. The fourth-order valence-electron chi connectivity index (χ4n) is 1.72. The van der Waals surface area contributed by atoms with Gasteiger partial charge in [0.1, 0.15) is 17.1 Å². The number of methoxy groups -OCH3 is 1. The van der Waals surface area contributed by atoms with Gasteiger partial charge in [-0.25, -0.2) is 4.79 Å². The molecule has 0 aromatic heterocycles. The van der Waals surface area contributed by atoms with Crippen LogP contribution in [-0.4, -0.2) is 13.1 Å². The second-order valence-electron chi connectivity index (χ2n) is 4.05. The number of ether oxygens (including phenoxy) is 2. The summed E-state index contributed by atoms with van der Waals surface area (Å²) in [6.45, 7) is 1.92. The lowest BCUT2D eigenvalue weighted by Crippen LogP contribution is -2.03. The van der Waals surface area contributed by atoms with Crippen molar-refractivity contribution in [2.24, 2.45) is 0 Å². The molecule has 98 valence electrons. The second-order valence-corrected chi connectivity index (χ2v) is 4.49. The summed E-state index contributed by atoms with van der Waals surface area (Å²) < 4.78 is 10.4. The van der Waals surface area contributed by atoms with Crippen LogP contribution in [0.1, 0.15) is 15.9 Å². The van der Waals surface area contributed by atoms with E-state index in [1.807, 2.05) is 19.1 Å². The van der Waals surface area contributed by atoms with Gasteiger partial charge in [-0.1, -0.05) is 23.7 Å². The van der Waals surface area contributed by atoms with Crippen LogP contribution in [0.5, 0.6) is 11.5 Å². The molecule has 0 N–H and O–H groups in total. The van der Waals surface area contributed by atoms with Crippen LogP contribution in [0.15, 0.2) is 42.5 Å². The topological polar surface area (TPSA) is 35.5 Å². The molecule has 0 bridgehead atoms. The zero-order valence-electron chi connectivity index (χ0n) is 10.6. The summed E-state index contributed by atoms with van der Waals surface area (Å²) in [7, 11) is 1.34. The maximum atomic E-state index is 11.6. The molecule has 0 atom stereocenters. The van der Waals surface area contributed by atoms with Crippen molar-refractivity contribution in [2.75, 3.05) is 7.11 Å². The smallest absolute Gasteiger partial charge is 0.341 e. The van der Waals surface area contributed by atoms with Crippen LogP contribution in [0.25, 0.3) is 0 Å². The highest BCUT2D eigenvalue weighted by atomic mass is 35.5. The van der Waals surface area contributed by atoms with Gasteiger partial charge in [0.15, 0.2) is 0 Å². The van der Waals surface area contributed by atoms with Crippen LogP contribution in [0, 0.1) is 6.92 Å². The zero-order chi connectivity index (χ0) is 13.8. The SMILES string of the molecule is COC(=O)c1ccccc1Oc1cc(C)cc(Cl)c1. The summed E-state index contributed by atoms with van der Waals surface area (Å²) >= 11 is 5.97.